The van der Waals surface area contributed by atoms with Crippen LogP contribution in [0.25, 0.3) is 10.4 Å². The van der Waals surface area contributed by atoms with Crippen molar-refractivity contribution in [2.75, 3.05) is 67.8 Å². The van der Waals surface area contributed by atoms with Gasteiger partial charge in [0, 0.05) is 88.8 Å². The highest BCUT2D eigenvalue weighted by atomic mass is 32.1. The Hall–Kier alpha value is -6.93. The number of nitrogens with zero attached hydrogens (tertiary/aromatic N) is 3. The Morgan fingerprint density at radius 3 is 2.08 bits per heavy atom. The van der Waals surface area contributed by atoms with Gasteiger partial charge in [-0.1, -0.05) is 91.5 Å². The third kappa shape index (κ3) is 29.1. The van der Waals surface area contributed by atoms with Gasteiger partial charge in [-0.05, 0) is 154 Å². The van der Waals surface area contributed by atoms with Crippen LogP contribution in [0.5, 0.6) is 5.75 Å². The zero-order chi connectivity index (χ0) is 65.7. The lowest BCUT2D eigenvalue weighted by Gasteiger charge is -2.34. The van der Waals surface area contributed by atoms with Crippen LogP contribution in [-0.2, 0) is 40.0 Å². The first kappa shape index (κ1) is 82.1. The van der Waals surface area contributed by atoms with Gasteiger partial charge in [-0.25, -0.2) is 9.18 Å². The number of hydrogen-bond acceptors (Lipinski definition) is 16. The van der Waals surface area contributed by atoms with E-state index in [0.717, 1.165) is 67.6 Å². The molecule has 3 aromatic carbocycles. The zero-order valence-electron chi connectivity index (χ0n) is 54.8. The monoisotopic (exact) mass is 1230 g/mol. The second-order valence-electron chi connectivity index (χ2n) is 21.8. The Morgan fingerprint density at radius 1 is 0.943 bits per heavy atom. The first-order chi connectivity index (χ1) is 40.8. The van der Waals surface area contributed by atoms with Crippen LogP contribution in [0.3, 0.4) is 0 Å². The molecule has 2 saturated heterocycles. The summed E-state index contributed by atoms with van der Waals surface area (Å²) < 4.78 is 26.5. The van der Waals surface area contributed by atoms with Crippen LogP contribution in [0.2, 0.25) is 0 Å². The number of esters is 1. The molecule has 3 amide bonds. The van der Waals surface area contributed by atoms with Crippen LogP contribution in [0.4, 0.5) is 27.1 Å². The van der Waals surface area contributed by atoms with Gasteiger partial charge in [-0.3, -0.25) is 24.6 Å². The number of nitrogens with one attached hydrogen (secondary N) is 3. The maximum Gasteiger partial charge on any atom is 0.349 e. The number of amides is 3. The quantitative estimate of drug-likeness (QED) is 0.0209. The fraction of sp³-hybridized carbons (Fsp3) is 0.529. The number of rotatable bonds is 20. The topological polar surface area (TPSA) is 239 Å². The Morgan fingerprint density at radius 2 is 1.55 bits per heavy atom. The van der Waals surface area contributed by atoms with E-state index in [4.69, 9.17) is 25.7 Å². The number of imide groups is 1. The maximum atomic E-state index is 16.0. The first-order valence-electron chi connectivity index (χ1n) is 29.9. The van der Waals surface area contributed by atoms with Crippen molar-refractivity contribution in [2.24, 2.45) is 11.5 Å². The number of piperidine rings is 2. The van der Waals surface area contributed by atoms with Gasteiger partial charge in [0.05, 0.1) is 27.5 Å². The summed E-state index contributed by atoms with van der Waals surface area (Å²) in [5, 5.41) is 20.3. The number of anilines is 4. The third-order valence-corrected chi connectivity index (χ3v) is 14.6. The SMILES string of the molecule is C.C/C=C\C=C(\N)CC.C=O.CC.CC.CCC=O.COC(C)(C)C.Cc1c(C(=O)OC(C)(C)C)sc(-c2cccc(NC3CCN(Cc4cccc(NCCC(CCN)c5ccc(N(C)C6CCC(=O)NC6=O)c(N(C)C=O)c5)c4F)CC3)c2)c1O. The molecule has 0 aliphatic carbocycles. The number of ether oxygens (including phenoxy) is 2. The minimum Gasteiger partial charge on any atom is -0.506 e. The summed E-state index contributed by atoms with van der Waals surface area (Å²) in [5.41, 5.74) is 17.5. The minimum atomic E-state index is -0.642. The molecule has 2 aliphatic heterocycles. The van der Waals surface area contributed by atoms with E-state index in [1.807, 2.05) is 175 Å². The smallest absolute Gasteiger partial charge is 0.349 e. The standard InChI is InChI=1S/C47H60FN7O6S.C7H13N.C5H12O.C3H6O.2C2H6.CH2O.CH4/c1-29-42(58)44(62-43(29)46(60)61-47(2,3)4)32-9-7-11-35(25-32)51-34-19-23-55(24-20-34)27-33-10-8-12-36(41(33)48)50-22-18-30(17-21-49)31-13-14-37(39(26-31)53(5)28-56)54(6)38-15-16-40(57)52-45(38)59;1-3-5-6-7(8)4-2;1-5(2,3)6-4;1-2-3-4;3*1-2;/h7-14,25-26,28,30,34,38,50-51,58H,15-24,27,49H2,1-6H3,(H,52,57,59);3,5-6H,4,8H2,1-2H3;1-4H3;3H,2H2,1H3;2*1-2H3;1H2;1H4/b;5-3-,7-6+;;;;;;. The Balaban J connectivity index is 0. The van der Waals surface area contributed by atoms with Crippen molar-refractivity contribution in [1.82, 2.24) is 10.2 Å². The predicted octanol–water partition coefficient (Wildman–Crippen LogP) is 13.7. The number of carbonyl (C=O) groups excluding carboxylic acids is 6. The van der Waals surface area contributed by atoms with Crippen molar-refractivity contribution < 1.29 is 47.7 Å². The van der Waals surface area contributed by atoms with E-state index in [2.05, 4.69) is 20.9 Å². The summed E-state index contributed by atoms with van der Waals surface area (Å²) in [7, 11) is 5.16. The van der Waals surface area contributed by atoms with Crippen molar-refractivity contribution in [3.8, 4) is 16.2 Å². The van der Waals surface area contributed by atoms with Gasteiger partial charge < -0.3 is 56.1 Å². The van der Waals surface area contributed by atoms with Crippen LogP contribution < -0.4 is 37.2 Å². The lowest BCUT2D eigenvalue weighted by molar-refractivity contribution is -0.134. The highest BCUT2D eigenvalue weighted by Crippen LogP contribution is 2.43. The van der Waals surface area contributed by atoms with Gasteiger partial charge in [0.15, 0.2) is 5.82 Å². The van der Waals surface area contributed by atoms with E-state index in [1.165, 1.54) is 16.2 Å². The number of hydrogen-bond donors (Lipinski definition) is 6. The molecule has 0 radical (unpaired) electrons. The second kappa shape index (κ2) is 43.7. The molecule has 6 rings (SSSR count). The number of carbonyl (C=O) groups is 6. The number of benzene rings is 3. The molecule has 2 atom stereocenters. The molecule has 17 nitrogen and oxygen atoms in total. The van der Waals surface area contributed by atoms with Crippen LogP contribution in [0.1, 0.15) is 181 Å². The molecule has 8 N–H and O–H groups in total. The molecule has 3 heterocycles. The van der Waals surface area contributed by atoms with Gasteiger partial charge in [0.1, 0.15) is 35.3 Å². The lowest BCUT2D eigenvalue weighted by atomic mass is 9.91. The fourth-order valence-corrected chi connectivity index (χ4v) is 9.64. The van der Waals surface area contributed by atoms with Crippen LogP contribution in [-0.4, -0.2) is 118 Å². The summed E-state index contributed by atoms with van der Waals surface area (Å²) in [5.74, 6) is -1.26. The Labute approximate surface area is 525 Å². The van der Waals surface area contributed by atoms with E-state index in [1.54, 1.807) is 34.2 Å². The summed E-state index contributed by atoms with van der Waals surface area (Å²) in [6.07, 6.45) is 12.7. The number of aldehydes is 1. The van der Waals surface area contributed by atoms with Crippen molar-refractivity contribution in [2.45, 2.75) is 191 Å². The van der Waals surface area contributed by atoms with Gasteiger partial charge in [-0.2, -0.15) is 0 Å². The van der Waals surface area contributed by atoms with E-state index in [-0.39, 0.29) is 54.8 Å². The Kier molecular flexibility index (Phi) is 41.2. The highest BCUT2D eigenvalue weighted by Gasteiger charge is 2.32. The van der Waals surface area contributed by atoms with Crippen molar-refractivity contribution in [3.05, 3.63) is 112 Å². The third-order valence-electron chi connectivity index (χ3n) is 13.3. The number of methoxy groups -OCH3 is 1. The molecule has 2 aliphatic rings. The number of likely N-dealkylation sites (tertiary alicyclic amines) is 1. The molecule has 0 saturated carbocycles. The first-order valence-corrected chi connectivity index (χ1v) is 30.8. The molecule has 0 bridgehead atoms. The number of halogens is 1. The molecule has 4 aromatic rings. The van der Waals surface area contributed by atoms with Gasteiger partial charge >= 0.3 is 5.97 Å². The molecule has 1 aromatic heterocycles. The maximum absolute atomic E-state index is 16.0. The largest absolute Gasteiger partial charge is 0.506 e. The average molecular weight is 1230 g/mol. The van der Waals surface area contributed by atoms with Crippen molar-refractivity contribution in [3.63, 3.8) is 0 Å². The molecule has 87 heavy (non-hydrogen) atoms. The molecule has 2 unspecified atom stereocenters. The van der Waals surface area contributed by atoms with E-state index < -0.39 is 17.6 Å². The molecule has 2 fully saturated rings. The summed E-state index contributed by atoms with van der Waals surface area (Å²) in [6.45, 7) is 32.1. The molecule has 0 spiro atoms. The summed E-state index contributed by atoms with van der Waals surface area (Å²) >= 11 is 1.23. The Bertz CT molecular complexity index is 2710. The number of likely N-dealkylation sites (N-methyl/N-ethyl adjacent to an activating group) is 1. The van der Waals surface area contributed by atoms with Crippen molar-refractivity contribution in [1.29, 1.82) is 0 Å². The van der Waals surface area contributed by atoms with E-state index in [0.29, 0.717) is 83.3 Å². The average Bonchev–Trinajstić information content (AvgIpc) is 2.40. The molecular weight excluding hydrogens is 1120 g/mol. The molecular formula is C68H109FN8O9S. The zero-order valence-corrected chi connectivity index (χ0v) is 55.6. The molecule has 19 heteroatoms. The second-order valence-corrected chi connectivity index (χ2v) is 22.9. The van der Waals surface area contributed by atoms with E-state index >= 15 is 4.39 Å². The normalized spacial score (nSPS) is 14.4. The lowest BCUT2D eigenvalue weighted by Crippen LogP contribution is -2.51. The number of thiophene rings is 1. The van der Waals surface area contributed by atoms with Crippen LogP contribution in [0.15, 0.2) is 84.6 Å². The number of nitrogens with two attached hydrogens (primary N) is 2. The van der Waals surface area contributed by atoms with Crippen LogP contribution in [0, 0.1) is 12.7 Å². The van der Waals surface area contributed by atoms with Crippen molar-refractivity contribution >= 4 is 71.4 Å². The summed E-state index contributed by atoms with van der Waals surface area (Å²) in [4.78, 5) is 72.9. The number of allylic oxidation sites excluding steroid dienone is 4. The predicted molar refractivity (Wildman–Crippen MR) is 362 cm³/mol. The minimum absolute atomic E-state index is 0. The van der Waals surface area contributed by atoms with Gasteiger partial charge in [0.25, 0.3) is 0 Å². The van der Waals surface area contributed by atoms with E-state index in [9.17, 15) is 29.1 Å². The van der Waals surface area contributed by atoms with Gasteiger partial charge in [-0.15, -0.1) is 11.3 Å². The highest BCUT2D eigenvalue weighted by molar-refractivity contribution is 7.18. The molecule has 488 valence electrons. The van der Waals surface area contributed by atoms with Crippen LogP contribution >= 0.6 is 11.3 Å². The number of aromatic hydroxyl groups is 1. The fourth-order valence-electron chi connectivity index (χ4n) is 8.57. The van der Waals surface area contributed by atoms with Gasteiger partial charge in [0.2, 0.25) is 18.2 Å². The summed E-state index contributed by atoms with van der Waals surface area (Å²) in [6, 6.07) is 18.8.